The van der Waals surface area contributed by atoms with Gasteiger partial charge in [-0.25, -0.2) is 4.79 Å². The largest absolute Gasteiger partial charge is 0.335 e. The molecule has 2 aromatic carbocycles. The van der Waals surface area contributed by atoms with Crippen molar-refractivity contribution in [3.8, 4) is 0 Å². The van der Waals surface area contributed by atoms with E-state index in [1.165, 1.54) is 0 Å². The van der Waals surface area contributed by atoms with Crippen LogP contribution >= 0.6 is 11.6 Å². The summed E-state index contributed by atoms with van der Waals surface area (Å²) in [5.74, 6) is -0.580. The summed E-state index contributed by atoms with van der Waals surface area (Å²) in [5, 5.41) is 4.50. The van der Waals surface area contributed by atoms with Crippen LogP contribution in [0.15, 0.2) is 53.7 Å². The molecule has 0 saturated heterocycles. The number of hydrogen-bond acceptors (Lipinski definition) is 4. The second-order valence-electron chi connectivity index (χ2n) is 6.54. The lowest BCUT2D eigenvalue weighted by atomic mass is 10.1. The van der Waals surface area contributed by atoms with Crippen LogP contribution in [0.3, 0.4) is 0 Å². The fourth-order valence-corrected chi connectivity index (χ4v) is 2.87. The van der Waals surface area contributed by atoms with Crippen LogP contribution in [0.2, 0.25) is 5.02 Å². The Kier molecular flexibility index (Phi) is 5.38. The van der Waals surface area contributed by atoms with E-state index in [1.807, 2.05) is 44.2 Å². The Balaban J connectivity index is 1.86. The normalized spacial score (nSPS) is 14.8. The smallest absolute Gasteiger partial charge is 0.317 e. The van der Waals surface area contributed by atoms with Gasteiger partial charge in [0.1, 0.15) is 0 Å². The average Bonchev–Trinajstić information content (AvgIpc) is 2.86. The van der Waals surface area contributed by atoms with Crippen molar-refractivity contribution < 1.29 is 14.4 Å². The van der Waals surface area contributed by atoms with E-state index in [2.05, 4.69) is 5.16 Å². The number of benzene rings is 2. The first-order valence-corrected chi connectivity index (χ1v) is 8.77. The Labute approximate surface area is 157 Å². The maximum Gasteiger partial charge on any atom is 0.335 e. The third-order valence-electron chi connectivity index (χ3n) is 3.97. The van der Waals surface area contributed by atoms with E-state index >= 15 is 0 Å². The van der Waals surface area contributed by atoms with Crippen molar-refractivity contribution in [1.29, 1.82) is 0 Å². The molecule has 2 aromatic rings. The van der Waals surface area contributed by atoms with Crippen molar-refractivity contribution in [2.45, 2.75) is 26.8 Å². The van der Waals surface area contributed by atoms with Gasteiger partial charge in [-0.15, -0.1) is 0 Å². The van der Waals surface area contributed by atoms with Gasteiger partial charge in [0.05, 0.1) is 18.7 Å². The van der Waals surface area contributed by atoms with Gasteiger partial charge < -0.3 is 9.74 Å². The van der Waals surface area contributed by atoms with Crippen molar-refractivity contribution in [3.05, 3.63) is 64.7 Å². The average molecular weight is 371 g/mol. The van der Waals surface area contributed by atoms with Crippen molar-refractivity contribution in [1.82, 2.24) is 0 Å². The minimum atomic E-state index is -0.450. The second-order valence-corrected chi connectivity index (χ2v) is 6.97. The second kappa shape index (κ2) is 7.70. The highest BCUT2D eigenvalue weighted by Crippen LogP contribution is 2.31. The predicted molar refractivity (Wildman–Crippen MR) is 101 cm³/mol. The van der Waals surface area contributed by atoms with Gasteiger partial charge in [-0.2, -0.15) is 0 Å². The zero-order valence-corrected chi connectivity index (χ0v) is 15.4. The molecule has 1 amide bonds. The Morgan fingerprint density at radius 1 is 1.15 bits per heavy atom. The molecule has 0 radical (unpaired) electrons. The SMILES string of the molecule is CC(C)CC(=O)O/N=C1/C(=O)N(Cc2ccc(Cl)cc2)c2ccccc21. The van der Waals surface area contributed by atoms with E-state index in [9.17, 15) is 9.59 Å². The molecule has 0 unspecified atom stereocenters. The fourth-order valence-electron chi connectivity index (χ4n) is 2.75. The zero-order chi connectivity index (χ0) is 18.7. The molecular weight excluding hydrogens is 352 g/mol. The monoisotopic (exact) mass is 370 g/mol. The fraction of sp³-hybridized carbons (Fsp3) is 0.250. The first-order valence-electron chi connectivity index (χ1n) is 8.39. The highest BCUT2D eigenvalue weighted by atomic mass is 35.5. The van der Waals surface area contributed by atoms with Gasteiger partial charge in [0.2, 0.25) is 0 Å². The molecule has 0 atom stereocenters. The van der Waals surface area contributed by atoms with E-state index in [-0.39, 0.29) is 24.0 Å². The molecule has 0 spiro atoms. The van der Waals surface area contributed by atoms with Gasteiger partial charge in [0.15, 0.2) is 5.71 Å². The number of anilines is 1. The third-order valence-corrected chi connectivity index (χ3v) is 4.22. The number of carbonyl (C=O) groups is 2. The van der Waals surface area contributed by atoms with E-state index in [0.717, 1.165) is 11.3 Å². The molecule has 1 heterocycles. The molecule has 6 heteroatoms. The lowest BCUT2D eigenvalue weighted by Crippen LogP contribution is -2.29. The third kappa shape index (κ3) is 3.94. The minimum absolute atomic E-state index is 0.145. The maximum absolute atomic E-state index is 12.8. The number of amides is 1. The lowest BCUT2D eigenvalue weighted by molar-refractivity contribution is -0.144. The molecule has 0 aliphatic carbocycles. The van der Waals surface area contributed by atoms with Crippen LogP contribution in [0.4, 0.5) is 5.69 Å². The van der Waals surface area contributed by atoms with Gasteiger partial charge in [-0.3, -0.25) is 4.79 Å². The molecule has 3 rings (SSSR count). The first kappa shape index (κ1) is 18.1. The molecule has 1 aliphatic rings. The van der Waals surface area contributed by atoms with Crippen molar-refractivity contribution >= 4 is 34.9 Å². The highest BCUT2D eigenvalue weighted by molar-refractivity contribution is 6.54. The van der Waals surface area contributed by atoms with Crippen molar-refractivity contribution in [2.24, 2.45) is 11.1 Å². The van der Waals surface area contributed by atoms with Gasteiger partial charge in [0.25, 0.3) is 5.91 Å². The summed E-state index contributed by atoms with van der Waals surface area (Å²) in [5.41, 5.74) is 2.48. The number of hydrogen-bond donors (Lipinski definition) is 0. The summed E-state index contributed by atoms with van der Waals surface area (Å²) in [6, 6.07) is 14.6. The number of oxime groups is 1. The molecule has 0 bridgehead atoms. The van der Waals surface area contributed by atoms with Crippen LogP contribution in [0.1, 0.15) is 31.4 Å². The summed E-state index contributed by atoms with van der Waals surface area (Å²) >= 11 is 5.92. The Morgan fingerprint density at radius 3 is 2.54 bits per heavy atom. The standard InChI is InChI=1S/C20H19ClN2O3/c1-13(2)11-18(24)26-22-19-16-5-3-4-6-17(16)23(20(19)25)12-14-7-9-15(21)10-8-14/h3-10,13H,11-12H2,1-2H3/b22-19+. The maximum atomic E-state index is 12.8. The van der Waals surface area contributed by atoms with Crippen molar-refractivity contribution in [2.75, 3.05) is 4.90 Å². The number of nitrogens with zero attached hydrogens (tertiary/aromatic N) is 2. The van der Waals surface area contributed by atoms with Crippen LogP contribution in [0.25, 0.3) is 0 Å². The zero-order valence-electron chi connectivity index (χ0n) is 14.6. The van der Waals surface area contributed by atoms with Crippen LogP contribution < -0.4 is 4.90 Å². The quantitative estimate of drug-likeness (QED) is 0.586. The van der Waals surface area contributed by atoms with Gasteiger partial charge >= 0.3 is 5.97 Å². The first-order chi connectivity index (χ1) is 12.5. The predicted octanol–water partition coefficient (Wildman–Crippen LogP) is 4.18. The van der Waals surface area contributed by atoms with E-state index < -0.39 is 5.97 Å². The molecule has 0 aromatic heterocycles. The number of para-hydroxylation sites is 1. The molecule has 0 fully saturated rings. The molecule has 26 heavy (non-hydrogen) atoms. The Hall–Kier alpha value is -2.66. The molecular formula is C20H19ClN2O3. The minimum Gasteiger partial charge on any atom is -0.317 e. The molecule has 1 aliphatic heterocycles. The summed E-state index contributed by atoms with van der Waals surface area (Å²) in [6.45, 7) is 4.21. The van der Waals surface area contributed by atoms with Gasteiger partial charge in [0, 0.05) is 10.6 Å². The van der Waals surface area contributed by atoms with Gasteiger partial charge in [-0.1, -0.05) is 60.9 Å². The molecule has 134 valence electrons. The topological polar surface area (TPSA) is 59.0 Å². The van der Waals surface area contributed by atoms with E-state index in [4.69, 9.17) is 16.4 Å². The summed E-state index contributed by atoms with van der Waals surface area (Å²) in [4.78, 5) is 31.2. The van der Waals surface area contributed by atoms with Crippen LogP contribution in [-0.4, -0.2) is 17.6 Å². The lowest BCUT2D eigenvalue weighted by Gasteiger charge is -2.16. The van der Waals surface area contributed by atoms with Crippen molar-refractivity contribution in [3.63, 3.8) is 0 Å². The van der Waals surface area contributed by atoms with Crippen LogP contribution in [-0.2, 0) is 21.0 Å². The Bertz CT molecular complexity index is 860. The number of carbonyl (C=O) groups excluding carboxylic acids is 2. The Morgan fingerprint density at radius 2 is 1.85 bits per heavy atom. The van der Waals surface area contributed by atoms with E-state index in [0.29, 0.717) is 17.1 Å². The van der Waals surface area contributed by atoms with E-state index in [1.54, 1.807) is 23.1 Å². The molecule has 0 N–H and O–H groups in total. The number of halogens is 1. The number of fused-ring (bicyclic) bond motifs is 1. The molecule has 0 saturated carbocycles. The molecule has 5 nitrogen and oxygen atoms in total. The summed E-state index contributed by atoms with van der Waals surface area (Å²) in [7, 11) is 0. The summed E-state index contributed by atoms with van der Waals surface area (Å²) in [6.07, 6.45) is 0.251. The van der Waals surface area contributed by atoms with Crippen LogP contribution in [0, 0.1) is 5.92 Å². The highest BCUT2D eigenvalue weighted by Gasteiger charge is 2.34. The number of rotatable bonds is 5. The van der Waals surface area contributed by atoms with Gasteiger partial charge in [-0.05, 0) is 29.7 Å². The van der Waals surface area contributed by atoms with Crippen LogP contribution in [0.5, 0.6) is 0 Å². The summed E-state index contributed by atoms with van der Waals surface area (Å²) < 4.78 is 0.